The van der Waals surface area contributed by atoms with E-state index in [1.54, 1.807) is 16.2 Å². The Morgan fingerprint density at radius 2 is 1.97 bits per heavy atom. The maximum atomic E-state index is 13.4. The summed E-state index contributed by atoms with van der Waals surface area (Å²) in [5.74, 6) is 0.942. The minimum absolute atomic E-state index is 0.00840. The van der Waals surface area contributed by atoms with Crippen molar-refractivity contribution < 1.29 is 14.7 Å². The van der Waals surface area contributed by atoms with E-state index >= 15 is 0 Å². The number of aromatic nitrogens is 2. The van der Waals surface area contributed by atoms with Gasteiger partial charge in [0.2, 0.25) is 5.91 Å². The third-order valence-corrected chi connectivity index (χ3v) is 8.19. The first kappa shape index (κ1) is 26.6. The summed E-state index contributed by atoms with van der Waals surface area (Å²) >= 11 is 1.74. The van der Waals surface area contributed by atoms with Gasteiger partial charge in [-0.1, -0.05) is 33.8 Å². The van der Waals surface area contributed by atoms with Crippen molar-refractivity contribution in [1.82, 2.24) is 14.5 Å². The highest BCUT2D eigenvalue weighted by Gasteiger charge is 2.32. The van der Waals surface area contributed by atoms with Gasteiger partial charge in [-0.2, -0.15) is 0 Å². The van der Waals surface area contributed by atoms with Gasteiger partial charge in [0.15, 0.2) is 5.78 Å². The second-order valence-electron chi connectivity index (χ2n) is 10.5. The number of β-amino-alcohol motifs (C(OH)–C–C–N with tert-alkyl or cyclic N) is 1. The molecule has 1 aliphatic heterocycles. The Bertz CT molecular complexity index is 1180. The van der Waals surface area contributed by atoms with E-state index in [9.17, 15) is 14.7 Å². The number of aliphatic hydroxyl groups excluding tert-OH is 1. The number of benzene rings is 1. The molecule has 0 spiro atoms. The van der Waals surface area contributed by atoms with Crippen molar-refractivity contribution in [1.29, 1.82) is 0 Å². The van der Waals surface area contributed by atoms with Crippen molar-refractivity contribution in [2.45, 2.75) is 78.4 Å². The quantitative estimate of drug-likeness (QED) is 0.328. The zero-order valence-electron chi connectivity index (χ0n) is 21.9. The Morgan fingerprint density at radius 3 is 2.58 bits per heavy atom. The minimum atomic E-state index is -0.458. The Hall–Kier alpha value is -2.51. The lowest BCUT2D eigenvalue weighted by Crippen LogP contribution is -2.36. The van der Waals surface area contributed by atoms with Crippen LogP contribution in [0.5, 0.6) is 0 Å². The number of nitrogens with zero attached hydrogens (tertiary/aromatic N) is 3. The lowest BCUT2D eigenvalue weighted by atomic mass is 9.89. The van der Waals surface area contributed by atoms with Crippen LogP contribution >= 0.6 is 11.3 Å². The first-order valence-electron chi connectivity index (χ1n) is 13.3. The summed E-state index contributed by atoms with van der Waals surface area (Å²) in [6, 6.07) is 10.4. The standard InChI is InChI=1S/C29H39N3O3S/c1-5-22(6-2)32-26-10-9-20(15-25(26)30-28(32)17-24-8-7-13-36-24)27(34)16-21(14-19(3)4)29(35)31-12-11-23(33)18-31/h7-10,13,15,19,21-23,33H,5-6,11-12,14,16-18H2,1-4H3/t21-,23?/m1/s1. The van der Waals surface area contributed by atoms with Gasteiger partial charge in [-0.3, -0.25) is 9.59 Å². The number of carbonyl (C=O) groups is 2. The van der Waals surface area contributed by atoms with Crippen molar-refractivity contribution in [3.63, 3.8) is 0 Å². The zero-order chi connectivity index (χ0) is 25.8. The summed E-state index contributed by atoms with van der Waals surface area (Å²) in [6.07, 6.45) is 3.81. The molecule has 1 aromatic carbocycles. The number of likely N-dealkylation sites (tertiary alicyclic amines) is 1. The maximum absolute atomic E-state index is 13.4. The van der Waals surface area contributed by atoms with E-state index in [4.69, 9.17) is 4.98 Å². The van der Waals surface area contributed by atoms with Crippen LogP contribution in [0.2, 0.25) is 0 Å². The molecule has 1 N–H and O–H groups in total. The molecule has 2 atom stereocenters. The van der Waals surface area contributed by atoms with Crippen LogP contribution in [0.25, 0.3) is 11.0 Å². The van der Waals surface area contributed by atoms with Crippen LogP contribution in [0, 0.1) is 11.8 Å². The van der Waals surface area contributed by atoms with Crippen LogP contribution in [0.3, 0.4) is 0 Å². The second-order valence-corrected chi connectivity index (χ2v) is 11.5. The molecule has 1 amide bonds. The average molecular weight is 510 g/mol. The lowest BCUT2D eigenvalue weighted by Gasteiger charge is -2.24. The molecule has 6 nitrogen and oxygen atoms in total. The fourth-order valence-corrected chi connectivity index (χ4v) is 6.16. The lowest BCUT2D eigenvalue weighted by molar-refractivity contribution is -0.135. The predicted molar refractivity (Wildman–Crippen MR) is 146 cm³/mol. The molecule has 7 heteroatoms. The van der Waals surface area contributed by atoms with Crippen molar-refractivity contribution in [2.24, 2.45) is 11.8 Å². The first-order chi connectivity index (χ1) is 17.3. The number of hydrogen-bond acceptors (Lipinski definition) is 5. The number of ketones is 1. The highest BCUT2D eigenvalue weighted by atomic mass is 32.1. The van der Waals surface area contributed by atoms with Crippen molar-refractivity contribution in [3.05, 3.63) is 52.0 Å². The van der Waals surface area contributed by atoms with Gasteiger partial charge in [0, 0.05) is 48.3 Å². The van der Waals surface area contributed by atoms with E-state index in [2.05, 4.69) is 49.8 Å². The summed E-state index contributed by atoms with van der Waals surface area (Å²) in [4.78, 5) is 34.6. The predicted octanol–water partition coefficient (Wildman–Crippen LogP) is 5.88. The topological polar surface area (TPSA) is 75.4 Å². The smallest absolute Gasteiger partial charge is 0.226 e. The normalized spacial score (nSPS) is 17.0. The fourth-order valence-electron chi connectivity index (χ4n) is 5.46. The van der Waals surface area contributed by atoms with Crippen LogP contribution in [0.15, 0.2) is 35.7 Å². The molecular formula is C29H39N3O3S. The zero-order valence-corrected chi connectivity index (χ0v) is 22.8. The Labute approximate surface area is 218 Å². The Morgan fingerprint density at radius 1 is 1.19 bits per heavy atom. The number of carbonyl (C=O) groups excluding carboxylic acids is 2. The van der Waals surface area contributed by atoms with E-state index in [1.165, 1.54) is 4.88 Å². The van der Waals surface area contributed by atoms with E-state index in [-0.39, 0.29) is 24.0 Å². The number of thiophene rings is 1. The molecule has 2 aromatic heterocycles. The number of fused-ring (bicyclic) bond motifs is 1. The molecule has 3 heterocycles. The van der Waals surface area contributed by atoms with E-state index in [0.717, 1.165) is 36.1 Å². The van der Waals surface area contributed by atoms with E-state index in [0.29, 0.717) is 43.5 Å². The largest absolute Gasteiger partial charge is 0.391 e. The van der Waals surface area contributed by atoms with Gasteiger partial charge in [0.05, 0.1) is 17.1 Å². The summed E-state index contributed by atoms with van der Waals surface area (Å²) in [5, 5.41) is 12.0. The number of Topliss-reactive ketones (excluding diaryl/α,β-unsaturated/α-hetero) is 1. The van der Waals surface area contributed by atoms with Crippen LogP contribution in [0.4, 0.5) is 0 Å². The van der Waals surface area contributed by atoms with Gasteiger partial charge in [0.25, 0.3) is 0 Å². The summed E-state index contributed by atoms with van der Waals surface area (Å²) in [7, 11) is 0. The molecule has 0 radical (unpaired) electrons. The molecule has 1 fully saturated rings. The van der Waals surface area contributed by atoms with E-state index < -0.39 is 6.10 Å². The van der Waals surface area contributed by atoms with E-state index in [1.807, 2.05) is 18.2 Å². The monoisotopic (exact) mass is 509 g/mol. The fraction of sp³-hybridized carbons (Fsp3) is 0.552. The van der Waals surface area contributed by atoms with Gasteiger partial charge in [-0.25, -0.2) is 4.98 Å². The summed E-state index contributed by atoms with van der Waals surface area (Å²) in [5.41, 5.74) is 2.52. The van der Waals surface area contributed by atoms with Gasteiger partial charge in [0.1, 0.15) is 5.82 Å². The van der Waals surface area contributed by atoms with Crippen LogP contribution < -0.4 is 0 Å². The molecule has 0 saturated carbocycles. The van der Waals surface area contributed by atoms with Crippen LogP contribution in [0.1, 0.15) is 86.9 Å². The van der Waals surface area contributed by atoms with Crippen molar-refractivity contribution >= 4 is 34.1 Å². The minimum Gasteiger partial charge on any atom is -0.391 e. The highest BCUT2D eigenvalue weighted by molar-refractivity contribution is 7.09. The third-order valence-electron chi connectivity index (χ3n) is 7.32. The molecule has 0 aliphatic carbocycles. The number of hydrogen-bond donors (Lipinski definition) is 1. The van der Waals surface area contributed by atoms with Gasteiger partial charge in [-0.05, 0) is 61.2 Å². The number of rotatable bonds is 11. The molecule has 194 valence electrons. The van der Waals surface area contributed by atoms with Gasteiger partial charge in [-0.15, -0.1) is 11.3 Å². The SMILES string of the molecule is CCC(CC)n1c(Cc2cccs2)nc2cc(C(=O)C[C@@H](CC(C)C)C(=O)N3CCC(O)C3)ccc21. The molecule has 4 rings (SSSR count). The molecule has 0 bridgehead atoms. The number of imidazole rings is 1. The molecule has 1 aliphatic rings. The molecule has 1 unspecified atom stereocenters. The number of aliphatic hydroxyl groups is 1. The van der Waals surface area contributed by atoms with Crippen LogP contribution in [-0.2, 0) is 11.2 Å². The molecule has 1 saturated heterocycles. The van der Waals surface area contributed by atoms with Crippen LogP contribution in [-0.4, -0.2) is 50.4 Å². The first-order valence-corrected chi connectivity index (χ1v) is 14.2. The van der Waals surface area contributed by atoms with Crippen molar-refractivity contribution in [2.75, 3.05) is 13.1 Å². The maximum Gasteiger partial charge on any atom is 0.226 e. The molecular weight excluding hydrogens is 470 g/mol. The van der Waals surface area contributed by atoms with Crippen molar-refractivity contribution in [3.8, 4) is 0 Å². The number of amides is 1. The molecule has 36 heavy (non-hydrogen) atoms. The second kappa shape index (κ2) is 11.7. The summed E-state index contributed by atoms with van der Waals surface area (Å²) in [6.45, 7) is 9.50. The van der Waals surface area contributed by atoms with Gasteiger partial charge >= 0.3 is 0 Å². The Balaban J connectivity index is 1.61. The third kappa shape index (κ3) is 5.89. The van der Waals surface area contributed by atoms with Gasteiger partial charge < -0.3 is 14.6 Å². The summed E-state index contributed by atoms with van der Waals surface area (Å²) < 4.78 is 2.35. The highest BCUT2D eigenvalue weighted by Crippen LogP contribution is 2.30. The average Bonchev–Trinajstić information content (AvgIpc) is 3.59. The molecule has 3 aromatic rings. The Kier molecular flexibility index (Phi) is 8.62.